The zero-order valence-electron chi connectivity index (χ0n) is 10.9. The van der Waals surface area contributed by atoms with E-state index in [2.05, 4.69) is 0 Å². The van der Waals surface area contributed by atoms with Crippen LogP contribution >= 0.6 is 22.6 Å². The molecule has 1 saturated heterocycles. The lowest BCUT2D eigenvalue weighted by Crippen LogP contribution is -2.63. The summed E-state index contributed by atoms with van der Waals surface area (Å²) in [4.78, 5) is 46.4. The quantitative estimate of drug-likeness (QED) is 0.266. The van der Waals surface area contributed by atoms with Crippen molar-refractivity contribution in [2.75, 3.05) is 4.43 Å². The average molecular weight is 396 g/mol. The van der Waals surface area contributed by atoms with Crippen LogP contribution in [0.3, 0.4) is 0 Å². The normalized spacial score (nSPS) is 18.2. The minimum atomic E-state index is -2.00. The number of aliphatic carboxylic acids is 1. The second kappa shape index (κ2) is 7.11. The van der Waals surface area contributed by atoms with Gasteiger partial charge >= 0.3 is 5.97 Å². The third kappa shape index (κ3) is 3.75. The van der Waals surface area contributed by atoms with E-state index in [0.29, 0.717) is 28.6 Å². The summed E-state index contributed by atoms with van der Waals surface area (Å²) in [7, 11) is 0. The molecule has 8 heteroatoms. The van der Waals surface area contributed by atoms with Crippen LogP contribution in [0.5, 0.6) is 0 Å². The van der Waals surface area contributed by atoms with Crippen LogP contribution in [0.1, 0.15) is 38.5 Å². The largest absolute Gasteiger partial charge is 0.478 e. The summed E-state index contributed by atoms with van der Waals surface area (Å²) in [6.07, 6.45) is 1.15. The maximum Gasteiger partial charge on any atom is 0.345 e. The van der Waals surface area contributed by atoms with E-state index < -0.39 is 23.4 Å². The smallest absolute Gasteiger partial charge is 0.345 e. The van der Waals surface area contributed by atoms with Gasteiger partial charge in [-0.2, -0.15) is 0 Å². The molecule has 3 N–H and O–H groups in total. The Balaban J connectivity index is 2.68. The number of imide groups is 1. The number of carboxylic acids is 1. The van der Waals surface area contributed by atoms with Crippen LogP contribution in [0.4, 0.5) is 0 Å². The Hall–Kier alpha value is -1.03. The van der Waals surface area contributed by atoms with Crippen molar-refractivity contribution in [3.8, 4) is 0 Å². The summed E-state index contributed by atoms with van der Waals surface area (Å²) >= 11 is 1.96. The number of ketones is 1. The van der Waals surface area contributed by atoms with Crippen LogP contribution in [-0.2, 0) is 19.2 Å². The Morgan fingerprint density at radius 1 is 1.25 bits per heavy atom. The molecule has 0 bridgehead atoms. The lowest BCUT2D eigenvalue weighted by atomic mass is 10.00. The molecule has 0 aromatic heterocycles. The van der Waals surface area contributed by atoms with Gasteiger partial charge in [0.2, 0.25) is 11.8 Å². The number of hydrogen-bond acceptors (Lipinski definition) is 5. The van der Waals surface area contributed by atoms with Crippen LogP contribution in [0.15, 0.2) is 0 Å². The van der Waals surface area contributed by atoms with Crippen LogP contribution < -0.4 is 5.73 Å². The molecular formula is C12H17IN2O5. The standard InChI is InChI=1S/C12H17IN2O5/c13-7-8(16)3-1-2-6-12(14,11(19)20)15-9(17)4-5-10(15)18/h1-7,14H2,(H,19,20). The van der Waals surface area contributed by atoms with E-state index in [1.165, 1.54) is 0 Å². The molecule has 1 atom stereocenters. The summed E-state index contributed by atoms with van der Waals surface area (Å²) < 4.78 is 0.410. The van der Waals surface area contributed by atoms with Gasteiger partial charge in [-0.05, 0) is 19.3 Å². The number of amides is 2. The zero-order chi connectivity index (χ0) is 15.3. The fourth-order valence-corrected chi connectivity index (χ4v) is 2.50. The van der Waals surface area contributed by atoms with Gasteiger partial charge in [0.15, 0.2) is 5.66 Å². The number of likely N-dealkylation sites (tertiary alicyclic amines) is 1. The number of carbonyl (C=O) groups is 4. The number of carbonyl (C=O) groups excluding carboxylic acids is 3. The summed E-state index contributed by atoms with van der Waals surface area (Å²) in [6.45, 7) is 0. The highest BCUT2D eigenvalue weighted by Crippen LogP contribution is 2.25. The van der Waals surface area contributed by atoms with E-state index in [0.717, 1.165) is 0 Å². The monoisotopic (exact) mass is 396 g/mol. The van der Waals surface area contributed by atoms with Crippen molar-refractivity contribution in [1.82, 2.24) is 4.90 Å². The SMILES string of the molecule is NC(CCCCC(=O)CI)(C(=O)O)N1C(=O)CCC1=O. The molecule has 0 radical (unpaired) electrons. The highest BCUT2D eigenvalue weighted by molar-refractivity contribution is 14.1. The van der Waals surface area contributed by atoms with E-state index >= 15 is 0 Å². The molecular weight excluding hydrogens is 379 g/mol. The van der Waals surface area contributed by atoms with Crippen molar-refractivity contribution in [3.63, 3.8) is 0 Å². The predicted octanol–water partition coefficient (Wildman–Crippen LogP) is 0.439. The van der Waals surface area contributed by atoms with Gasteiger partial charge in [0, 0.05) is 19.3 Å². The van der Waals surface area contributed by atoms with Crippen LogP contribution in [0.25, 0.3) is 0 Å². The second-order valence-electron chi connectivity index (χ2n) is 4.73. The molecule has 0 spiro atoms. The molecule has 20 heavy (non-hydrogen) atoms. The number of unbranched alkanes of at least 4 members (excludes halogenated alkanes) is 1. The van der Waals surface area contributed by atoms with Gasteiger partial charge in [-0.3, -0.25) is 25.0 Å². The molecule has 112 valence electrons. The Morgan fingerprint density at radius 2 is 1.80 bits per heavy atom. The molecule has 1 rings (SSSR count). The van der Waals surface area contributed by atoms with Gasteiger partial charge in [0.05, 0.1) is 4.43 Å². The Morgan fingerprint density at radius 3 is 2.25 bits per heavy atom. The first-order valence-electron chi connectivity index (χ1n) is 6.28. The molecule has 2 amide bonds. The van der Waals surface area contributed by atoms with Crippen LogP contribution in [0.2, 0.25) is 0 Å². The maximum absolute atomic E-state index is 11.6. The molecule has 7 nitrogen and oxygen atoms in total. The van der Waals surface area contributed by atoms with E-state index in [1.807, 2.05) is 22.6 Å². The Kier molecular flexibility index (Phi) is 6.06. The first kappa shape index (κ1) is 17.0. The number of hydrogen-bond donors (Lipinski definition) is 2. The third-order valence-electron chi connectivity index (χ3n) is 3.23. The summed E-state index contributed by atoms with van der Waals surface area (Å²) in [6, 6.07) is 0. The van der Waals surface area contributed by atoms with Crippen molar-refractivity contribution >= 4 is 46.2 Å². The predicted molar refractivity (Wildman–Crippen MR) is 78.0 cm³/mol. The summed E-state index contributed by atoms with van der Waals surface area (Å²) in [5, 5.41) is 9.24. The average Bonchev–Trinajstić information content (AvgIpc) is 2.73. The first-order valence-corrected chi connectivity index (χ1v) is 7.81. The minimum absolute atomic E-state index is 0.00160. The van der Waals surface area contributed by atoms with E-state index in [4.69, 9.17) is 5.73 Å². The molecule has 1 aliphatic heterocycles. The van der Waals surface area contributed by atoms with Crippen LogP contribution in [0, 0.1) is 0 Å². The molecule has 0 aliphatic carbocycles. The van der Waals surface area contributed by atoms with E-state index in [-0.39, 0.29) is 25.0 Å². The maximum atomic E-state index is 11.6. The van der Waals surface area contributed by atoms with Crippen molar-refractivity contribution in [1.29, 1.82) is 0 Å². The fraction of sp³-hybridized carbons (Fsp3) is 0.667. The summed E-state index contributed by atoms with van der Waals surface area (Å²) in [5.74, 6) is -2.43. The van der Waals surface area contributed by atoms with Gasteiger partial charge in [0.25, 0.3) is 0 Å². The number of carboxylic acid groups (broad SMARTS) is 1. The van der Waals surface area contributed by atoms with Gasteiger partial charge in [-0.1, -0.05) is 22.6 Å². The van der Waals surface area contributed by atoms with Crippen LogP contribution in [-0.4, -0.2) is 43.7 Å². The first-order chi connectivity index (χ1) is 9.32. The lowest BCUT2D eigenvalue weighted by molar-refractivity contribution is -0.163. The number of alkyl halides is 1. The molecule has 1 unspecified atom stereocenters. The highest BCUT2D eigenvalue weighted by Gasteiger charge is 2.48. The van der Waals surface area contributed by atoms with Crippen molar-refractivity contribution in [3.05, 3.63) is 0 Å². The second-order valence-corrected chi connectivity index (χ2v) is 5.49. The topological polar surface area (TPSA) is 118 Å². The zero-order valence-corrected chi connectivity index (χ0v) is 13.1. The van der Waals surface area contributed by atoms with Gasteiger partial charge in [-0.15, -0.1) is 0 Å². The molecule has 1 aliphatic rings. The number of rotatable bonds is 8. The number of halogens is 1. The molecule has 0 aromatic carbocycles. The molecule has 0 aromatic rings. The minimum Gasteiger partial charge on any atom is -0.478 e. The number of nitrogens with zero attached hydrogens (tertiary/aromatic N) is 1. The van der Waals surface area contributed by atoms with Gasteiger partial charge in [0.1, 0.15) is 5.78 Å². The lowest BCUT2D eigenvalue weighted by Gasteiger charge is -2.33. The summed E-state index contributed by atoms with van der Waals surface area (Å²) in [5.41, 5.74) is 3.77. The van der Waals surface area contributed by atoms with Crippen molar-refractivity contribution in [2.24, 2.45) is 5.73 Å². The third-order valence-corrected chi connectivity index (χ3v) is 4.08. The number of nitrogens with two attached hydrogens (primary N) is 1. The van der Waals surface area contributed by atoms with E-state index in [1.54, 1.807) is 0 Å². The van der Waals surface area contributed by atoms with Crippen molar-refractivity contribution in [2.45, 2.75) is 44.2 Å². The molecule has 1 heterocycles. The van der Waals surface area contributed by atoms with Crippen molar-refractivity contribution < 1.29 is 24.3 Å². The Bertz CT molecular complexity index is 424. The fourth-order valence-electron chi connectivity index (χ4n) is 2.12. The van der Waals surface area contributed by atoms with Gasteiger partial charge < -0.3 is 5.11 Å². The Labute approximate surface area is 130 Å². The van der Waals surface area contributed by atoms with Gasteiger partial charge in [-0.25, -0.2) is 4.79 Å². The van der Waals surface area contributed by atoms with E-state index in [9.17, 15) is 24.3 Å². The number of Topliss-reactive ketones (excluding diaryl/α,β-unsaturated/α-hetero) is 1. The molecule has 0 saturated carbocycles. The molecule has 1 fully saturated rings. The highest BCUT2D eigenvalue weighted by atomic mass is 127.